The summed E-state index contributed by atoms with van der Waals surface area (Å²) in [7, 11) is 0. The Bertz CT molecular complexity index is 2390. The summed E-state index contributed by atoms with van der Waals surface area (Å²) in [6, 6.07) is 29.8. The van der Waals surface area contributed by atoms with Gasteiger partial charge in [-0.15, -0.1) is 69.8 Å². The summed E-state index contributed by atoms with van der Waals surface area (Å²) in [6.07, 6.45) is -1.18. The summed E-state index contributed by atoms with van der Waals surface area (Å²) in [4.78, 5) is 20.6. The second-order valence-electron chi connectivity index (χ2n) is 14.5. The van der Waals surface area contributed by atoms with Crippen molar-refractivity contribution >= 4 is 27.3 Å². The Labute approximate surface area is 352 Å². The van der Waals surface area contributed by atoms with Gasteiger partial charge in [0, 0.05) is 50.4 Å². The number of aryl methyl sites for hydroxylation is 6. The first-order valence-corrected chi connectivity index (χ1v) is 19.1. The zero-order valence-corrected chi connectivity index (χ0v) is 36.6. The van der Waals surface area contributed by atoms with Crippen LogP contribution in [0.3, 0.4) is 0 Å². The van der Waals surface area contributed by atoms with Crippen LogP contribution >= 0.6 is 0 Å². The van der Waals surface area contributed by atoms with Crippen molar-refractivity contribution in [3.63, 3.8) is 0 Å². The van der Waals surface area contributed by atoms with E-state index in [0.717, 1.165) is 61.6 Å². The van der Waals surface area contributed by atoms with Gasteiger partial charge >= 0.3 is 6.18 Å². The molecule has 4 aromatic carbocycles. The molecule has 2 aromatic heterocycles. The van der Waals surface area contributed by atoms with Crippen molar-refractivity contribution < 1.29 is 45.9 Å². The zero-order chi connectivity index (χ0) is 42.9. The van der Waals surface area contributed by atoms with Crippen LogP contribution in [0.4, 0.5) is 13.2 Å². The maximum atomic E-state index is 12.3. The molecule has 1 radical (unpaired) electrons. The van der Waals surface area contributed by atoms with E-state index in [9.17, 15) is 23.1 Å². The summed E-state index contributed by atoms with van der Waals surface area (Å²) in [5.74, 6) is -2.00. The van der Waals surface area contributed by atoms with E-state index in [4.69, 9.17) is 2.74 Å². The van der Waals surface area contributed by atoms with E-state index in [1.165, 1.54) is 21.9 Å². The molecule has 2 heterocycles. The molecule has 0 saturated carbocycles. The minimum absolute atomic E-state index is 0. The number of alkyl halides is 3. The molecule has 1 N–H and O–H groups in total. The third-order valence-corrected chi connectivity index (χ3v) is 9.58. The Balaban J connectivity index is 0.000000236. The molecule has 6 rings (SSSR count). The SMILES string of the molecule is CCC(CC)C(=O)/C=C(\O)C(CC)CC(F)(F)F.Cc1[c-]c(-c2nccc3cc(C)ccc23)cc(C)c1.[2H]c1nc(-c2[c-]c(C)cc(C)c2)c2ccc(C)cc2c1[2H].[Ir]. The van der Waals surface area contributed by atoms with E-state index in [1.807, 2.05) is 65.1 Å². The number of hydrogen-bond donors (Lipinski definition) is 1. The van der Waals surface area contributed by atoms with Crippen LogP contribution in [0.2, 0.25) is 0 Å². The van der Waals surface area contributed by atoms with Crippen molar-refractivity contribution in [2.24, 2.45) is 11.8 Å². The number of rotatable bonds is 9. The van der Waals surface area contributed by atoms with Gasteiger partial charge in [-0.1, -0.05) is 96.0 Å². The fourth-order valence-corrected chi connectivity index (χ4v) is 6.75. The first kappa shape index (κ1) is 43.5. The molecule has 8 heteroatoms. The van der Waals surface area contributed by atoms with Crippen molar-refractivity contribution in [2.45, 2.75) is 94.2 Å². The number of allylic oxidation sites excluding steroid dienone is 2. The second-order valence-corrected chi connectivity index (χ2v) is 14.5. The zero-order valence-electron chi connectivity index (χ0n) is 36.2. The molecule has 0 fully saturated rings. The molecular formula is C49H53F3IrN2O2-2. The molecule has 1 atom stereocenters. The number of fused-ring (bicyclic) bond motifs is 2. The van der Waals surface area contributed by atoms with Crippen molar-refractivity contribution in [3.8, 4) is 22.5 Å². The van der Waals surface area contributed by atoms with Gasteiger partial charge in [0.25, 0.3) is 0 Å². The van der Waals surface area contributed by atoms with E-state index >= 15 is 0 Å². The van der Waals surface area contributed by atoms with Gasteiger partial charge in [0.15, 0.2) is 5.78 Å². The number of nitrogens with zero attached hydrogens (tertiary/aromatic N) is 2. The fourth-order valence-electron chi connectivity index (χ4n) is 6.75. The van der Waals surface area contributed by atoms with Crippen LogP contribution in [0.15, 0.2) is 97.0 Å². The third-order valence-electron chi connectivity index (χ3n) is 9.58. The standard InChI is InChI=1S/2C18H16N.C13H21F3O2.Ir/c2*1-12-4-5-17-15(9-12)6-7-19-18(17)16-10-13(2)8-14(3)11-16;1-4-9(5-2)11(17)7-12(18)10(6-3)8-13(14,15)16;/h2*4-10H,1-3H3;7,9-10,18H,4-6,8H2,1-3H3;/q2*-1;;/b;;12-7-;/i6D,7D;;;. The summed E-state index contributed by atoms with van der Waals surface area (Å²) >= 11 is 0. The maximum absolute atomic E-state index is 12.3. The number of aliphatic hydroxyl groups excluding tert-OH is 1. The number of carbonyl (C=O) groups is 1. The van der Waals surface area contributed by atoms with Crippen molar-refractivity contribution in [1.29, 1.82) is 0 Å². The molecule has 0 aliphatic rings. The van der Waals surface area contributed by atoms with Crippen LogP contribution in [0.1, 0.15) is 82.6 Å². The van der Waals surface area contributed by atoms with Crippen LogP contribution in [0.25, 0.3) is 44.1 Å². The molecule has 0 bridgehead atoms. The Hall–Kier alpha value is -4.65. The van der Waals surface area contributed by atoms with Crippen LogP contribution in [0, 0.1) is 65.5 Å². The molecule has 6 aromatic rings. The van der Waals surface area contributed by atoms with E-state index in [2.05, 4.69) is 85.3 Å². The average Bonchev–Trinajstić information content (AvgIpc) is 3.14. The first-order valence-electron chi connectivity index (χ1n) is 20.1. The fraction of sp³-hybridized carbons (Fsp3) is 0.327. The quantitative estimate of drug-likeness (QED) is 0.0891. The number of halogens is 3. The Morgan fingerprint density at radius 2 is 1.21 bits per heavy atom. The Morgan fingerprint density at radius 3 is 1.70 bits per heavy atom. The molecule has 1 unspecified atom stereocenters. The van der Waals surface area contributed by atoms with Gasteiger partial charge in [0.1, 0.15) is 0 Å². The van der Waals surface area contributed by atoms with Crippen LogP contribution in [0.5, 0.6) is 0 Å². The van der Waals surface area contributed by atoms with Gasteiger partial charge < -0.3 is 15.1 Å². The summed E-state index contributed by atoms with van der Waals surface area (Å²) < 4.78 is 52.8. The van der Waals surface area contributed by atoms with E-state index in [1.54, 1.807) is 6.92 Å². The van der Waals surface area contributed by atoms with Gasteiger partial charge in [-0.3, -0.25) is 4.79 Å². The van der Waals surface area contributed by atoms with Gasteiger partial charge in [-0.2, -0.15) is 13.2 Å². The minimum Gasteiger partial charge on any atom is -0.512 e. The topological polar surface area (TPSA) is 63.1 Å². The molecule has 57 heavy (non-hydrogen) atoms. The van der Waals surface area contributed by atoms with E-state index < -0.39 is 24.3 Å². The molecule has 4 nitrogen and oxygen atoms in total. The van der Waals surface area contributed by atoms with Crippen LogP contribution in [-0.4, -0.2) is 27.0 Å². The van der Waals surface area contributed by atoms with Crippen molar-refractivity contribution in [2.75, 3.05) is 0 Å². The van der Waals surface area contributed by atoms with Gasteiger partial charge in [0.05, 0.1) is 14.9 Å². The summed E-state index contributed by atoms with van der Waals surface area (Å²) in [6.45, 7) is 17.6. The maximum Gasteiger partial charge on any atom is 0.389 e. The molecule has 0 saturated heterocycles. The predicted octanol–water partition coefficient (Wildman–Crippen LogP) is 13.7. The number of ketones is 1. The number of hydrogen-bond acceptors (Lipinski definition) is 4. The molecule has 0 aliphatic heterocycles. The van der Waals surface area contributed by atoms with Crippen molar-refractivity contribution in [3.05, 3.63) is 142 Å². The van der Waals surface area contributed by atoms with Gasteiger partial charge in [-0.25, -0.2) is 0 Å². The van der Waals surface area contributed by atoms with Gasteiger partial charge in [-0.05, 0) is 78.2 Å². The summed E-state index contributed by atoms with van der Waals surface area (Å²) in [5, 5.41) is 13.7. The predicted molar refractivity (Wildman–Crippen MR) is 225 cm³/mol. The Morgan fingerprint density at radius 1 is 0.719 bits per heavy atom. The molecule has 0 spiro atoms. The van der Waals surface area contributed by atoms with Gasteiger partial charge in [0.2, 0.25) is 0 Å². The van der Waals surface area contributed by atoms with Crippen molar-refractivity contribution in [1.82, 2.24) is 9.97 Å². The minimum atomic E-state index is -4.33. The third kappa shape index (κ3) is 13.5. The summed E-state index contributed by atoms with van der Waals surface area (Å²) in [5.41, 5.74) is 10.7. The largest absolute Gasteiger partial charge is 0.512 e. The van der Waals surface area contributed by atoms with E-state index in [-0.39, 0.29) is 50.4 Å². The number of carbonyl (C=O) groups excluding carboxylic acids is 1. The number of pyridine rings is 2. The normalized spacial score (nSPS) is 12.5. The molecule has 303 valence electrons. The molecular weight excluding hydrogens is 898 g/mol. The average molecular weight is 953 g/mol. The van der Waals surface area contributed by atoms with Crippen LogP contribution in [-0.2, 0) is 24.9 Å². The molecule has 0 amide bonds. The number of aliphatic hydroxyl groups is 1. The van der Waals surface area contributed by atoms with E-state index in [0.29, 0.717) is 12.8 Å². The molecule has 0 aliphatic carbocycles. The number of aromatic nitrogens is 2. The first-order chi connectivity index (χ1) is 27.3. The Kier molecular flexibility index (Phi) is 16.2. The second kappa shape index (κ2) is 21.2. The number of benzene rings is 4. The van der Waals surface area contributed by atoms with Crippen LogP contribution < -0.4 is 0 Å². The smallest absolute Gasteiger partial charge is 0.389 e. The monoisotopic (exact) mass is 953 g/mol.